The molecule has 0 N–H and O–H groups in total. The molecule has 0 saturated heterocycles. The van der Waals surface area contributed by atoms with E-state index in [1.54, 1.807) is 6.07 Å². The van der Waals surface area contributed by atoms with Gasteiger partial charge in [-0.25, -0.2) is 0 Å². The zero-order valence-corrected chi connectivity index (χ0v) is 6.83. The minimum Gasteiger partial charge on any atom is -0.258 e. The van der Waals surface area contributed by atoms with E-state index in [1.165, 1.54) is 0 Å². The largest absolute Gasteiger partial charge is 0.340 e. The van der Waals surface area contributed by atoms with Gasteiger partial charge in [-0.2, -0.15) is 14.0 Å². The first-order chi connectivity index (χ1) is 6.56. The van der Waals surface area contributed by atoms with Crippen molar-refractivity contribution in [1.29, 1.82) is 5.26 Å². The Bertz CT molecular complexity index is 403. The van der Waals surface area contributed by atoms with Gasteiger partial charge in [-0.15, -0.1) is 0 Å². The third-order valence-electron chi connectivity index (χ3n) is 1.54. The minimum absolute atomic E-state index is 0.0769. The molecule has 0 aromatic heterocycles. The summed E-state index contributed by atoms with van der Waals surface area (Å²) >= 11 is 0. The van der Waals surface area contributed by atoms with Crippen molar-refractivity contribution in [2.75, 3.05) is 0 Å². The first kappa shape index (κ1) is 10.1. The monoisotopic (exact) mass is 198 g/mol. The van der Waals surface area contributed by atoms with Crippen LogP contribution >= 0.6 is 0 Å². The summed E-state index contributed by atoms with van der Waals surface area (Å²) in [6.45, 7) is 0. The van der Waals surface area contributed by atoms with Gasteiger partial charge >= 0.3 is 5.69 Å². The number of benzene rings is 1. The van der Waals surface area contributed by atoms with Gasteiger partial charge in [-0.3, -0.25) is 10.1 Å². The lowest BCUT2D eigenvalue weighted by atomic mass is 10.1. The maximum atomic E-state index is 12.9. The molecule has 1 aromatic carbocycles. The summed E-state index contributed by atoms with van der Waals surface area (Å²) in [4.78, 5) is 9.03. The van der Waals surface area contributed by atoms with Crippen LogP contribution in [0.5, 0.6) is 0 Å². The quantitative estimate of drug-likeness (QED) is 0.538. The second-order valence-electron chi connectivity index (χ2n) is 2.50. The molecule has 1 rings (SSSR count). The molecule has 0 unspecified atom stereocenters. The molecule has 0 spiro atoms. The molecule has 0 heterocycles. The predicted octanol–water partition coefficient (Wildman–Crippen LogP) is 1.94. The van der Waals surface area contributed by atoms with Gasteiger partial charge in [0.1, 0.15) is 0 Å². The lowest BCUT2D eigenvalue weighted by molar-refractivity contribution is -0.390. The average molecular weight is 198 g/mol. The molecule has 0 saturated carbocycles. The highest BCUT2D eigenvalue weighted by Gasteiger charge is 2.21. The molecule has 0 fully saturated rings. The van der Waals surface area contributed by atoms with Crippen LogP contribution in [0.2, 0.25) is 0 Å². The van der Waals surface area contributed by atoms with E-state index < -0.39 is 22.2 Å². The van der Waals surface area contributed by atoms with Gasteiger partial charge in [0.2, 0.25) is 11.6 Å². The number of nitro groups is 1. The number of rotatable bonds is 2. The van der Waals surface area contributed by atoms with E-state index in [0.29, 0.717) is 0 Å². The van der Waals surface area contributed by atoms with Crippen molar-refractivity contribution in [2.24, 2.45) is 0 Å². The Morgan fingerprint density at radius 2 is 1.93 bits per heavy atom. The molecule has 4 nitrogen and oxygen atoms in total. The summed E-state index contributed by atoms with van der Waals surface area (Å²) in [6, 6.07) is 3.25. The maximum absolute atomic E-state index is 12.9. The highest BCUT2D eigenvalue weighted by molar-refractivity contribution is 5.37. The van der Waals surface area contributed by atoms with Crippen LogP contribution in [0.4, 0.5) is 14.5 Å². The molecule has 0 atom stereocenters. The van der Waals surface area contributed by atoms with E-state index in [0.717, 1.165) is 12.1 Å². The van der Waals surface area contributed by atoms with Crippen molar-refractivity contribution in [3.8, 4) is 6.07 Å². The molecule has 6 heteroatoms. The molecule has 14 heavy (non-hydrogen) atoms. The van der Waals surface area contributed by atoms with Gasteiger partial charge in [0, 0.05) is 0 Å². The average Bonchev–Trinajstić information content (AvgIpc) is 2.01. The van der Waals surface area contributed by atoms with Crippen molar-refractivity contribution in [2.45, 2.75) is 6.42 Å². The molecule has 0 radical (unpaired) electrons. The first-order valence-corrected chi connectivity index (χ1v) is 3.55. The van der Waals surface area contributed by atoms with Crippen LogP contribution in [-0.4, -0.2) is 4.92 Å². The zero-order chi connectivity index (χ0) is 10.7. The Hall–Kier alpha value is -2.03. The van der Waals surface area contributed by atoms with E-state index >= 15 is 0 Å². The van der Waals surface area contributed by atoms with E-state index in [9.17, 15) is 18.9 Å². The molecular weight excluding hydrogens is 194 g/mol. The van der Waals surface area contributed by atoms with Crippen LogP contribution in [0.25, 0.3) is 0 Å². The predicted molar refractivity (Wildman–Crippen MR) is 42.3 cm³/mol. The molecule has 0 aliphatic rings. The van der Waals surface area contributed by atoms with Crippen LogP contribution in [-0.2, 0) is 6.42 Å². The Kier molecular flexibility index (Phi) is 2.72. The summed E-state index contributed by atoms with van der Waals surface area (Å²) in [5.41, 5.74) is -1.11. The normalized spacial score (nSPS) is 9.50. The van der Waals surface area contributed by atoms with Gasteiger partial charge in [-0.05, 0) is 17.7 Å². The lowest BCUT2D eigenvalue weighted by Crippen LogP contribution is -1.98. The first-order valence-electron chi connectivity index (χ1n) is 3.55. The SMILES string of the molecule is N#CCc1cc(F)c([N+](=O)[O-])c(F)c1. The van der Waals surface area contributed by atoms with E-state index in [-0.39, 0.29) is 12.0 Å². The molecule has 72 valence electrons. The summed E-state index contributed by atoms with van der Waals surface area (Å²) in [5.74, 6) is -2.53. The van der Waals surface area contributed by atoms with Gasteiger partial charge in [-0.1, -0.05) is 0 Å². The molecule has 0 aliphatic carbocycles. The molecule has 0 aliphatic heterocycles. The highest BCUT2D eigenvalue weighted by atomic mass is 19.1. The molecule has 1 aromatic rings. The molecule has 0 amide bonds. The Balaban J connectivity index is 3.26. The number of nitriles is 1. The highest BCUT2D eigenvalue weighted by Crippen LogP contribution is 2.22. The standard InChI is InChI=1S/C8H4F2N2O2/c9-6-3-5(1-2-11)4-7(10)8(6)12(13)14/h3-4H,1H2. The van der Waals surface area contributed by atoms with E-state index in [1.807, 2.05) is 0 Å². The molecule has 0 bridgehead atoms. The summed E-state index contributed by atoms with van der Waals surface area (Å²) in [5, 5.41) is 18.4. The van der Waals surface area contributed by atoms with Crippen LogP contribution in [0.15, 0.2) is 12.1 Å². The van der Waals surface area contributed by atoms with Gasteiger partial charge in [0.15, 0.2) is 0 Å². The summed E-state index contributed by atoms with van der Waals surface area (Å²) in [6.07, 6.45) is -0.189. The second-order valence-corrected chi connectivity index (χ2v) is 2.50. The second kappa shape index (κ2) is 3.79. The fourth-order valence-corrected chi connectivity index (χ4v) is 0.986. The van der Waals surface area contributed by atoms with Crippen LogP contribution in [0.1, 0.15) is 5.56 Å². The van der Waals surface area contributed by atoms with Gasteiger partial charge in [0.25, 0.3) is 0 Å². The minimum atomic E-state index is -1.26. The van der Waals surface area contributed by atoms with Crippen molar-refractivity contribution >= 4 is 5.69 Å². The Morgan fingerprint density at radius 1 is 1.43 bits per heavy atom. The number of nitrogens with zero attached hydrogens (tertiary/aromatic N) is 2. The van der Waals surface area contributed by atoms with Crippen LogP contribution in [0.3, 0.4) is 0 Å². The third kappa shape index (κ3) is 1.82. The van der Waals surface area contributed by atoms with E-state index in [4.69, 9.17) is 5.26 Å². The number of hydrogen-bond acceptors (Lipinski definition) is 3. The smallest absolute Gasteiger partial charge is 0.258 e. The number of halogens is 2. The van der Waals surface area contributed by atoms with Crippen molar-refractivity contribution in [3.63, 3.8) is 0 Å². The van der Waals surface area contributed by atoms with Crippen molar-refractivity contribution in [1.82, 2.24) is 0 Å². The van der Waals surface area contributed by atoms with Crippen LogP contribution in [0, 0.1) is 33.1 Å². The summed E-state index contributed by atoms with van der Waals surface area (Å²) in [7, 11) is 0. The lowest BCUT2D eigenvalue weighted by Gasteiger charge is -1.98. The van der Waals surface area contributed by atoms with Crippen molar-refractivity contribution < 1.29 is 13.7 Å². The molecular formula is C8H4F2N2O2. The zero-order valence-electron chi connectivity index (χ0n) is 6.83. The Morgan fingerprint density at radius 3 is 2.29 bits per heavy atom. The summed E-state index contributed by atoms with van der Waals surface area (Å²) < 4.78 is 25.8. The number of hydrogen-bond donors (Lipinski definition) is 0. The number of nitro benzene ring substituents is 1. The third-order valence-corrected chi connectivity index (χ3v) is 1.54. The topological polar surface area (TPSA) is 66.9 Å². The van der Waals surface area contributed by atoms with Gasteiger partial charge < -0.3 is 0 Å². The van der Waals surface area contributed by atoms with Crippen molar-refractivity contribution in [3.05, 3.63) is 39.4 Å². The fraction of sp³-hybridized carbons (Fsp3) is 0.125. The van der Waals surface area contributed by atoms with Crippen LogP contribution < -0.4 is 0 Å². The fourth-order valence-electron chi connectivity index (χ4n) is 0.986. The van der Waals surface area contributed by atoms with Gasteiger partial charge in [0.05, 0.1) is 17.4 Å². The van der Waals surface area contributed by atoms with E-state index in [2.05, 4.69) is 0 Å². The maximum Gasteiger partial charge on any atom is 0.340 e. The Labute approximate surface area is 77.5 Å².